The molecule has 10 heteroatoms. The molecule has 0 bridgehead atoms. The molecule has 1 N–H and O–H groups in total. The van der Waals surface area contributed by atoms with Crippen LogP contribution < -0.4 is 5.32 Å². The van der Waals surface area contributed by atoms with Gasteiger partial charge in [-0.2, -0.15) is 13.2 Å². The van der Waals surface area contributed by atoms with Crippen LogP contribution in [0.15, 0.2) is 12.2 Å². The van der Waals surface area contributed by atoms with Crippen molar-refractivity contribution in [2.45, 2.75) is 57.5 Å². The van der Waals surface area contributed by atoms with E-state index in [0.717, 1.165) is 0 Å². The van der Waals surface area contributed by atoms with Crippen LogP contribution in [0.25, 0.3) is 0 Å². The number of alkyl carbamates (subject to hydrolysis) is 1. The summed E-state index contributed by atoms with van der Waals surface area (Å²) in [6.07, 6.45) is -3.61. The number of carbonyl (C=O) groups excluding carboxylic acids is 3. The summed E-state index contributed by atoms with van der Waals surface area (Å²) in [4.78, 5) is 34.2. The van der Waals surface area contributed by atoms with Gasteiger partial charge in [0.25, 0.3) is 0 Å². The number of halogens is 3. The smallest absolute Gasteiger partial charge is 0.422 e. The van der Waals surface area contributed by atoms with Crippen LogP contribution in [0.3, 0.4) is 0 Å². The minimum atomic E-state index is -4.66. The Balaban J connectivity index is 2.31. The fourth-order valence-electron chi connectivity index (χ4n) is 1.86. The quantitative estimate of drug-likeness (QED) is 0.347. The number of esters is 2. The summed E-state index contributed by atoms with van der Waals surface area (Å²) in [6.45, 7) is 3.36. The van der Waals surface area contributed by atoms with E-state index in [1.807, 2.05) is 0 Å². The van der Waals surface area contributed by atoms with Gasteiger partial charge in [-0.15, -0.1) is 0 Å². The molecule has 0 aliphatic heterocycles. The molecule has 142 valence electrons. The van der Waals surface area contributed by atoms with Crippen LogP contribution in [-0.4, -0.2) is 48.6 Å². The van der Waals surface area contributed by atoms with Crippen LogP contribution in [0.1, 0.15) is 33.6 Å². The molecule has 0 aromatic heterocycles. The minimum Gasteiger partial charge on any atom is -0.458 e. The van der Waals surface area contributed by atoms with Crippen LogP contribution in [0.2, 0.25) is 0 Å². The highest BCUT2D eigenvalue weighted by Gasteiger charge is 2.31. The van der Waals surface area contributed by atoms with E-state index in [4.69, 9.17) is 9.47 Å². The molecule has 0 saturated carbocycles. The standard InChI is InChI=1S/C15H20F3NO6/c1-14(2,3)25-13(22)19-9-4-5-10(6-9)24-12(21)7-11(20)23-8-15(16,17)18/h4-5,9-10H,6-8H2,1-3H3,(H,19,22)/t9-,10+/m0/s1. The number of ether oxygens (including phenoxy) is 3. The number of nitrogens with one attached hydrogen (secondary N) is 1. The van der Waals surface area contributed by atoms with E-state index in [1.165, 1.54) is 6.08 Å². The molecule has 1 rings (SSSR count). The Morgan fingerprint density at radius 1 is 1.12 bits per heavy atom. The topological polar surface area (TPSA) is 90.9 Å². The summed E-state index contributed by atoms with van der Waals surface area (Å²) in [7, 11) is 0. The van der Waals surface area contributed by atoms with Gasteiger partial charge in [0, 0.05) is 6.42 Å². The predicted octanol–water partition coefficient (Wildman–Crippen LogP) is 2.25. The first-order chi connectivity index (χ1) is 11.3. The number of amides is 1. The number of hydrogen-bond acceptors (Lipinski definition) is 6. The Kier molecular flexibility index (Phi) is 6.83. The molecule has 0 saturated heterocycles. The maximum absolute atomic E-state index is 11.9. The average molecular weight is 367 g/mol. The van der Waals surface area contributed by atoms with E-state index in [0.29, 0.717) is 0 Å². The zero-order valence-electron chi connectivity index (χ0n) is 14.0. The van der Waals surface area contributed by atoms with Gasteiger partial charge < -0.3 is 19.5 Å². The molecule has 0 fully saturated rings. The molecule has 1 aliphatic carbocycles. The molecule has 7 nitrogen and oxygen atoms in total. The molecule has 0 aromatic carbocycles. The average Bonchev–Trinajstić information content (AvgIpc) is 2.80. The number of alkyl halides is 3. The third-order valence-corrected chi connectivity index (χ3v) is 2.71. The first-order valence-corrected chi connectivity index (χ1v) is 7.44. The number of carbonyl (C=O) groups is 3. The van der Waals surface area contributed by atoms with E-state index in [9.17, 15) is 27.6 Å². The summed E-state index contributed by atoms with van der Waals surface area (Å²) in [5, 5.41) is 2.56. The van der Waals surface area contributed by atoms with Crippen molar-refractivity contribution in [3.05, 3.63) is 12.2 Å². The van der Waals surface area contributed by atoms with Crippen LogP contribution in [0.4, 0.5) is 18.0 Å². The van der Waals surface area contributed by atoms with Crippen molar-refractivity contribution < 1.29 is 41.8 Å². The van der Waals surface area contributed by atoms with Crippen molar-refractivity contribution in [2.75, 3.05) is 6.61 Å². The normalized spacial score (nSPS) is 20.1. The van der Waals surface area contributed by atoms with Crippen molar-refractivity contribution >= 4 is 18.0 Å². The second kappa shape index (κ2) is 8.21. The molecular formula is C15H20F3NO6. The molecule has 0 aromatic rings. The fourth-order valence-corrected chi connectivity index (χ4v) is 1.86. The first-order valence-electron chi connectivity index (χ1n) is 7.44. The van der Waals surface area contributed by atoms with Gasteiger partial charge in [-0.3, -0.25) is 9.59 Å². The van der Waals surface area contributed by atoms with Gasteiger partial charge in [0.1, 0.15) is 18.1 Å². The molecule has 2 atom stereocenters. The van der Waals surface area contributed by atoms with E-state index < -0.39 is 55.0 Å². The predicted molar refractivity (Wildman–Crippen MR) is 78.4 cm³/mol. The second-order valence-electron chi connectivity index (χ2n) is 6.35. The monoisotopic (exact) mass is 367 g/mol. The van der Waals surface area contributed by atoms with E-state index in [1.54, 1.807) is 26.8 Å². The van der Waals surface area contributed by atoms with Gasteiger partial charge in [-0.1, -0.05) is 6.08 Å². The van der Waals surface area contributed by atoms with E-state index in [-0.39, 0.29) is 6.42 Å². The molecular weight excluding hydrogens is 347 g/mol. The number of hydrogen-bond donors (Lipinski definition) is 1. The lowest BCUT2D eigenvalue weighted by Crippen LogP contribution is -2.38. The number of rotatable bonds is 5. The lowest BCUT2D eigenvalue weighted by atomic mass is 10.2. The van der Waals surface area contributed by atoms with Crippen molar-refractivity contribution in [2.24, 2.45) is 0 Å². The Labute approximate surface area is 142 Å². The lowest BCUT2D eigenvalue weighted by molar-refractivity contribution is -0.188. The van der Waals surface area contributed by atoms with Gasteiger partial charge in [0.2, 0.25) is 0 Å². The fraction of sp³-hybridized carbons (Fsp3) is 0.667. The maximum Gasteiger partial charge on any atom is 0.422 e. The molecule has 1 amide bonds. The van der Waals surface area contributed by atoms with Crippen LogP contribution in [0, 0.1) is 0 Å². The van der Waals surface area contributed by atoms with E-state index >= 15 is 0 Å². The highest BCUT2D eigenvalue weighted by atomic mass is 19.4. The minimum absolute atomic E-state index is 0.225. The molecule has 0 spiro atoms. The SMILES string of the molecule is CC(C)(C)OC(=O)N[C@H]1C=C[C@@H](OC(=O)CC(=O)OCC(F)(F)F)C1. The lowest BCUT2D eigenvalue weighted by Gasteiger charge is -2.21. The Morgan fingerprint density at radius 2 is 1.76 bits per heavy atom. The molecule has 0 heterocycles. The van der Waals surface area contributed by atoms with Crippen molar-refractivity contribution in [3.8, 4) is 0 Å². The highest BCUT2D eigenvalue weighted by molar-refractivity contribution is 5.91. The Hall–Kier alpha value is -2.26. The van der Waals surface area contributed by atoms with Crippen molar-refractivity contribution in [1.29, 1.82) is 0 Å². The summed E-state index contributed by atoms with van der Waals surface area (Å²) in [5.74, 6) is -2.34. The summed E-state index contributed by atoms with van der Waals surface area (Å²) >= 11 is 0. The van der Waals surface area contributed by atoms with Crippen LogP contribution in [0.5, 0.6) is 0 Å². The Morgan fingerprint density at radius 3 is 2.32 bits per heavy atom. The van der Waals surface area contributed by atoms with E-state index in [2.05, 4.69) is 10.1 Å². The van der Waals surface area contributed by atoms with Crippen LogP contribution >= 0.6 is 0 Å². The summed E-state index contributed by atoms with van der Waals surface area (Å²) in [6, 6.07) is -0.426. The van der Waals surface area contributed by atoms with Gasteiger partial charge >= 0.3 is 24.2 Å². The molecule has 0 radical (unpaired) electrons. The zero-order chi connectivity index (χ0) is 19.3. The largest absolute Gasteiger partial charge is 0.458 e. The van der Waals surface area contributed by atoms with Gasteiger partial charge in [0.15, 0.2) is 6.61 Å². The van der Waals surface area contributed by atoms with Gasteiger partial charge in [-0.25, -0.2) is 4.79 Å². The molecule has 25 heavy (non-hydrogen) atoms. The van der Waals surface area contributed by atoms with Gasteiger partial charge in [0.05, 0.1) is 6.04 Å². The highest BCUT2D eigenvalue weighted by Crippen LogP contribution is 2.17. The second-order valence-corrected chi connectivity index (χ2v) is 6.35. The Bertz CT molecular complexity index is 538. The molecule has 0 unspecified atom stereocenters. The first kappa shape index (κ1) is 20.8. The maximum atomic E-state index is 11.9. The summed E-state index contributed by atoms with van der Waals surface area (Å²) in [5.41, 5.74) is -0.658. The van der Waals surface area contributed by atoms with Crippen molar-refractivity contribution in [1.82, 2.24) is 5.32 Å². The van der Waals surface area contributed by atoms with Crippen molar-refractivity contribution in [3.63, 3.8) is 0 Å². The third kappa shape index (κ3) is 9.58. The summed E-state index contributed by atoms with van der Waals surface area (Å²) < 4.78 is 49.6. The zero-order valence-corrected chi connectivity index (χ0v) is 14.0. The molecule has 1 aliphatic rings. The van der Waals surface area contributed by atoms with Gasteiger partial charge in [-0.05, 0) is 26.8 Å². The third-order valence-electron chi connectivity index (χ3n) is 2.71. The van der Waals surface area contributed by atoms with Crippen LogP contribution in [-0.2, 0) is 23.8 Å².